The van der Waals surface area contributed by atoms with Gasteiger partial charge < -0.3 is 31.5 Å². The number of hydrogen-bond donors (Lipinski definition) is 6. The molecule has 1 unspecified atom stereocenters. The van der Waals surface area contributed by atoms with Crippen molar-refractivity contribution in [3.05, 3.63) is 0 Å². The Balaban J connectivity index is 4.12. The number of nitrogens with two attached hydrogens (primary N) is 1. The molecule has 0 saturated carbocycles. The summed E-state index contributed by atoms with van der Waals surface area (Å²) in [5.41, 5.74) is 3.90. The Kier molecular flexibility index (Phi) is 5.58. The third kappa shape index (κ3) is 3.56. The van der Waals surface area contributed by atoms with Gasteiger partial charge in [0.2, 0.25) is 0 Å². The minimum absolute atomic E-state index is 0.142. The van der Waals surface area contributed by atoms with Gasteiger partial charge in [-0.1, -0.05) is 0 Å². The summed E-state index contributed by atoms with van der Waals surface area (Å²) >= 11 is 0. The predicted molar refractivity (Wildman–Crippen MR) is 47.6 cm³/mol. The topological polar surface area (TPSA) is 136 Å². The molecule has 0 radical (unpaired) electrons. The van der Waals surface area contributed by atoms with Crippen LogP contribution in [0.4, 0.5) is 0 Å². The van der Waals surface area contributed by atoms with Crippen molar-refractivity contribution in [1.82, 2.24) is 5.32 Å². The number of nitrogens with one attached hydrogen (secondary N) is 1. The van der Waals surface area contributed by atoms with E-state index in [1.165, 1.54) is 0 Å². The number of carboxylic acids is 1. The minimum atomic E-state index is -1.28. The molecular weight excluding hydrogens is 192 g/mol. The molecule has 7 N–H and O–H groups in total. The summed E-state index contributed by atoms with van der Waals surface area (Å²) in [5, 5.41) is 37.5. The van der Waals surface area contributed by atoms with Gasteiger partial charge >= 0.3 is 5.97 Å². The number of aliphatic hydroxyl groups is 3. The van der Waals surface area contributed by atoms with Crippen LogP contribution < -0.4 is 11.1 Å². The zero-order chi connectivity index (χ0) is 11.2. The van der Waals surface area contributed by atoms with Gasteiger partial charge in [0.25, 0.3) is 0 Å². The molecule has 0 spiro atoms. The maximum absolute atomic E-state index is 10.3. The molecule has 14 heavy (non-hydrogen) atoms. The van der Waals surface area contributed by atoms with Gasteiger partial charge in [0.15, 0.2) is 0 Å². The number of carbonyl (C=O) groups is 1. The predicted octanol–water partition coefficient (Wildman–Crippen LogP) is -3.30. The van der Waals surface area contributed by atoms with Crippen LogP contribution in [-0.4, -0.2) is 64.3 Å². The first-order chi connectivity index (χ1) is 6.51. The maximum Gasteiger partial charge on any atom is 0.321 e. The van der Waals surface area contributed by atoms with Gasteiger partial charge in [-0.25, -0.2) is 0 Å². The SMILES string of the molecule is NC(CNC(CO)(CO)CO)C(=O)O. The fourth-order valence-electron chi connectivity index (χ4n) is 0.731. The zero-order valence-corrected chi connectivity index (χ0v) is 7.68. The van der Waals surface area contributed by atoms with Crippen LogP contribution in [0.5, 0.6) is 0 Å². The van der Waals surface area contributed by atoms with E-state index in [1.54, 1.807) is 0 Å². The molecule has 84 valence electrons. The summed E-state index contributed by atoms with van der Waals surface area (Å²) in [5.74, 6) is -1.19. The van der Waals surface area contributed by atoms with Gasteiger partial charge in [-0.2, -0.15) is 0 Å². The Hall–Kier alpha value is -0.730. The highest BCUT2D eigenvalue weighted by molar-refractivity contribution is 5.73. The van der Waals surface area contributed by atoms with Crippen molar-refractivity contribution >= 4 is 5.97 Å². The number of aliphatic hydroxyl groups excluding tert-OH is 3. The van der Waals surface area contributed by atoms with Crippen molar-refractivity contribution in [2.45, 2.75) is 11.6 Å². The number of carboxylic acid groups (broad SMARTS) is 1. The van der Waals surface area contributed by atoms with Gasteiger partial charge in [-0.15, -0.1) is 0 Å². The second-order valence-corrected chi connectivity index (χ2v) is 3.08. The molecule has 7 nitrogen and oxygen atoms in total. The Morgan fingerprint density at radius 3 is 2.00 bits per heavy atom. The fraction of sp³-hybridized carbons (Fsp3) is 0.857. The molecular formula is C7H16N2O5. The number of aliphatic carboxylic acids is 1. The van der Waals surface area contributed by atoms with E-state index < -0.39 is 37.4 Å². The lowest BCUT2D eigenvalue weighted by molar-refractivity contribution is -0.138. The van der Waals surface area contributed by atoms with E-state index in [4.69, 9.17) is 26.2 Å². The fourth-order valence-corrected chi connectivity index (χ4v) is 0.731. The van der Waals surface area contributed by atoms with E-state index >= 15 is 0 Å². The van der Waals surface area contributed by atoms with Gasteiger partial charge in [0.05, 0.1) is 25.4 Å². The highest BCUT2D eigenvalue weighted by Crippen LogP contribution is 2.00. The molecule has 0 bridgehead atoms. The van der Waals surface area contributed by atoms with Crippen LogP contribution in [-0.2, 0) is 4.79 Å². The summed E-state index contributed by atoms with van der Waals surface area (Å²) < 4.78 is 0. The highest BCUT2D eigenvalue weighted by Gasteiger charge is 2.28. The van der Waals surface area contributed by atoms with Crippen molar-refractivity contribution in [3.63, 3.8) is 0 Å². The summed E-state index contributed by atoms with van der Waals surface area (Å²) in [7, 11) is 0. The quantitative estimate of drug-likeness (QED) is 0.258. The second-order valence-electron chi connectivity index (χ2n) is 3.08. The van der Waals surface area contributed by atoms with Crippen LogP contribution in [0.1, 0.15) is 0 Å². The van der Waals surface area contributed by atoms with E-state index in [1.807, 2.05) is 0 Å². The second kappa shape index (κ2) is 5.89. The van der Waals surface area contributed by atoms with Gasteiger partial charge in [0.1, 0.15) is 6.04 Å². The van der Waals surface area contributed by atoms with E-state index in [2.05, 4.69) is 5.32 Å². The monoisotopic (exact) mass is 208 g/mol. The molecule has 0 aromatic heterocycles. The van der Waals surface area contributed by atoms with E-state index in [0.29, 0.717) is 0 Å². The Morgan fingerprint density at radius 2 is 1.71 bits per heavy atom. The molecule has 7 heteroatoms. The molecule has 0 amide bonds. The van der Waals surface area contributed by atoms with Crippen LogP contribution in [0, 0.1) is 0 Å². The van der Waals surface area contributed by atoms with Crippen molar-refractivity contribution in [2.24, 2.45) is 5.73 Å². The standard InChI is InChI=1S/C7H16N2O5/c8-5(6(13)14)1-9-7(2-10,3-11)4-12/h5,9-12H,1-4,8H2,(H,13,14). The van der Waals surface area contributed by atoms with Crippen LogP contribution >= 0.6 is 0 Å². The van der Waals surface area contributed by atoms with E-state index in [9.17, 15) is 4.79 Å². The summed E-state index contributed by atoms with van der Waals surface area (Å²) in [4.78, 5) is 10.3. The number of hydrogen-bond acceptors (Lipinski definition) is 6. The third-order valence-electron chi connectivity index (χ3n) is 1.92. The van der Waals surface area contributed by atoms with E-state index in [0.717, 1.165) is 0 Å². The first-order valence-electron chi connectivity index (χ1n) is 4.07. The third-order valence-corrected chi connectivity index (χ3v) is 1.92. The van der Waals surface area contributed by atoms with Crippen molar-refractivity contribution in [3.8, 4) is 0 Å². The van der Waals surface area contributed by atoms with Crippen LogP contribution in [0.15, 0.2) is 0 Å². The van der Waals surface area contributed by atoms with Crippen LogP contribution in [0.2, 0.25) is 0 Å². The molecule has 0 aliphatic carbocycles. The summed E-state index contributed by atoms with van der Waals surface area (Å²) in [6, 6.07) is -1.14. The highest BCUT2D eigenvalue weighted by atomic mass is 16.4. The molecule has 0 heterocycles. The molecule has 0 fully saturated rings. The van der Waals surface area contributed by atoms with Gasteiger partial charge in [-0.3, -0.25) is 4.79 Å². The Labute approximate surface area is 81.2 Å². The molecule has 1 atom stereocenters. The minimum Gasteiger partial charge on any atom is -0.480 e. The molecule has 0 aromatic rings. The summed E-state index contributed by atoms with van der Waals surface area (Å²) in [6.45, 7) is -1.66. The largest absolute Gasteiger partial charge is 0.480 e. The average Bonchev–Trinajstić information content (AvgIpc) is 2.20. The molecule has 0 aliphatic heterocycles. The number of rotatable bonds is 7. The van der Waals surface area contributed by atoms with Crippen molar-refractivity contribution < 1.29 is 25.2 Å². The average molecular weight is 208 g/mol. The summed E-state index contributed by atoms with van der Waals surface area (Å²) in [6.07, 6.45) is 0. The first-order valence-corrected chi connectivity index (χ1v) is 4.07. The molecule has 0 aliphatic rings. The van der Waals surface area contributed by atoms with Crippen molar-refractivity contribution in [1.29, 1.82) is 0 Å². The molecule has 0 aromatic carbocycles. The lowest BCUT2D eigenvalue weighted by Gasteiger charge is -2.29. The Morgan fingerprint density at radius 1 is 1.29 bits per heavy atom. The molecule has 0 rings (SSSR count). The van der Waals surface area contributed by atoms with Gasteiger partial charge in [0, 0.05) is 6.54 Å². The van der Waals surface area contributed by atoms with Crippen LogP contribution in [0.3, 0.4) is 0 Å². The lowest BCUT2D eigenvalue weighted by Crippen LogP contribution is -2.58. The molecule has 0 saturated heterocycles. The normalized spacial score (nSPS) is 14.0. The van der Waals surface area contributed by atoms with Crippen molar-refractivity contribution in [2.75, 3.05) is 26.4 Å². The first kappa shape index (κ1) is 13.3. The zero-order valence-electron chi connectivity index (χ0n) is 7.68. The Bertz CT molecular complexity index is 175. The smallest absolute Gasteiger partial charge is 0.321 e. The van der Waals surface area contributed by atoms with Gasteiger partial charge in [-0.05, 0) is 0 Å². The maximum atomic E-state index is 10.3. The van der Waals surface area contributed by atoms with E-state index in [-0.39, 0.29) is 6.54 Å². The van der Waals surface area contributed by atoms with Crippen LogP contribution in [0.25, 0.3) is 0 Å². The lowest BCUT2D eigenvalue weighted by atomic mass is 10.0.